The average molecular weight is 263 g/mol. The number of pyridine rings is 1. The second-order valence-electron chi connectivity index (χ2n) is 5.38. The van der Waals surface area contributed by atoms with Gasteiger partial charge in [-0.15, -0.1) is 0 Å². The topological polar surface area (TPSA) is 37.3 Å². The Morgan fingerprint density at radius 1 is 1.26 bits per heavy atom. The smallest absolute Gasteiger partial charge is 0.250 e. The zero-order chi connectivity index (χ0) is 13.5. The van der Waals surface area contributed by atoms with Crippen LogP contribution in [0.15, 0.2) is 29.2 Å². The minimum atomic E-state index is 0.0772. The maximum atomic E-state index is 11.5. The Kier molecular flexibility index (Phi) is 5.61. The van der Waals surface area contributed by atoms with Gasteiger partial charge in [0.05, 0.1) is 0 Å². The van der Waals surface area contributed by atoms with Gasteiger partial charge >= 0.3 is 0 Å². The molecule has 0 aliphatic carbocycles. The van der Waals surface area contributed by atoms with E-state index < -0.39 is 0 Å². The van der Waals surface area contributed by atoms with Crippen molar-refractivity contribution in [2.75, 3.05) is 26.2 Å². The molecule has 19 heavy (non-hydrogen) atoms. The molecule has 106 valence electrons. The number of likely N-dealkylation sites (tertiary alicyclic amines) is 1. The molecule has 4 heteroatoms. The fourth-order valence-electron chi connectivity index (χ4n) is 2.64. The van der Waals surface area contributed by atoms with Crippen LogP contribution in [-0.2, 0) is 6.54 Å². The van der Waals surface area contributed by atoms with Gasteiger partial charge < -0.3 is 9.88 Å². The highest BCUT2D eigenvalue weighted by Crippen LogP contribution is 2.11. The van der Waals surface area contributed by atoms with E-state index in [0.717, 1.165) is 19.6 Å². The van der Waals surface area contributed by atoms with Crippen LogP contribution in [0.4, 0.5) is 0 Å². The van der Waals surface area contributed by atoms with Crippen molar-refractivity contribution < 1.29 is 0 Å². The van der Waals surface area contributed by atoms with Crippen LogP contribution in [0.1, 0.15) is 26.2 Å². The summed E-state index contributed by atoms with van der Waals surface area (Å²) >= 11 is 0. The Bertz CT molecular complexity index is 423. The third-order valence-electron chi connectivity index (χ3n) is 3.88. The molecule has 1 saturated heterocycles. The summed E-state index contributed by atoms with van der Waals surface area (Å²) in [6, 6.07) is 5.88. The molecule has 1 aromatic heterocycles. The Labute approximate surface area is 115 Å². The fourth-order valence-corrected chi connectivity index (χ4v) is 2.64. The molecule has 1 aliphatic rings. The van der Waals surface area contributed by atoms with Crippen LogP contribution < -0.4 is 10.9 Å². The summed E-state index contributed by atoms with van der Waals surface area (Å²) in [5, 5.41) is 3.46. The third kappa shape index (κ3) is 4.48. The molecule has 1 atom stereocenters. The highest BCUT2D eigenvalue weighted by Gasteiger charge is 2.15. The molecule has 1 fully saturated rings. The van der Waals surface area contributed by atoms with E-state index in [9.17, 15) is 4.79 Å². The van der Waals surface area contributed by atoms with E-state index in [1.54, 1.807) is 16.7 Å². The van der Waals surface area contributed by atoms with Gasteiger partial charge in [-0.1, -0.05) is 12.5 Å². The molecule has 1 aliphatic heterocycles. The van der Waals surface area contributed by atoms with Crippen LogP contribution in [0.2, 0.25) is 0 Å². The van der Waals surface area contributed by atoms with Crippen LogP contribution in [-0.4, -0.2) is 41.7 Å². The summed E-state index contributed by atoms with van der Waals surface area (Å²) in [7, 11) is 0. The largest absolute Gasteiger partial charge is 0.314 e. The Morgan fingerprint density at radius 3 is 2.79 bits per heavy atom. The summed E-state index contributed by atoms with van der Waals surface area (Å²) in [6.45, 7) is 7.35. The molecule has 0 radical (unpaired) electrons. The Balaban J connectivity index is 1.66. The number of piperidine rings is 1. The van der Waals surface area contributed by atoms with E-state index in [1.807, 2.05) is 12.3 Å². The molecule has 0 amide bonds. The summed E-state index contributed by atoms with van der Waals surface area (Å²) in [5.74, 6) is 0. The van der Waals surface area contributed by atoms with E-state index in [-0.39, 0.29) is 5.56 Å². The van der Waals surface area contributed by atoms with Gasteiger partial charge in [-0.2, -0.15) is 0 Å². The normalized spacial score (nSPS) is 18.4. The summed E-state index contributed by atoms with van der Waals surface area (Å²) in [4.78, 5) is 14.1. The van der Waals surface area contributed by atoms with Gasteiger partial charge in [0.15, 0.2) is 0 Å². The van der Waals surface area contributed by atoms with Crippen molar-refractivity contribution in [3.8, 4) is 0 Å². The van der Waals surface area contributed by atoms with Crippen LogP contribution >= 0.6 is 0 Å². The lowest BCUT2D eigenvalue weighted by Crippen LogP contribution is -2.43. The number of nitrogens with zero attached hydrogens (tertiary/aromatic N) is 2. The second kappa shape index (κ2) is 7.46. The highest BCUT2D eigenvalue weighted by molar-refractivity contribution is 4.93. The predicted octanol–water partition coefficient (Wildman–Crippen LogP) is 1.31. The zero-order valence-corrected chi connectivity index (χ0v) is 11.8. The quantitative estimate of drug-likeness (QED) is 0.786. The first-order valence-electron chi connectivity index (χ1n) is 7.37. The van der Waals surface area contributed by atoms with Crippen LogP contribution in [0.5, 0.6) is 0 Å². The van der Waals surface area contributed by atoms with Gasteiger partial charge in [0.1, 0.15) is 0 Å². The van der Waals surface area contributed by atoms with Crippen LogP contribution in [0.25, 0.3) is 0 Å². The van der Waals surface area contributed by atoms with E-state index in [4.69, 9.17) is 0 Å². The van der Waals surface area contributed by atoms with Gasteiger partial charge in [-0.3, -0.25) is 9.69 Å². The number of nitrogens with one attached hydrogen (secondary N) is 1. The van der Waals surface area contributed by atoms with Crippen molar-refractivity contribution in [3.63, 3.8) is 0 Å². The Morgan fingerprint density at radius 2 is 2.05 bits per heavy atom. The molecule has 1 aromatic rings. The summed E-state index contributed by atoms with van der Waals surface area (Å²) in [5.41, 5.74) is 0.0772. The first-order valence-corrected chi connectivity index (χ1v) is 7.37. The van der Waals surface area contributed by atoms with Gasteiger partial charge in [-0.25, -0.2) is 0 Å². The maximum Gasteiger partial charge on any atom is 0.250 e. The molecular weight excluding hydrogens is 238 g/mol. The lowest BCUT2D eigenvalue weighted by Gasteiger charge is -2.32. The molecule has 1 N–H and O–H groups in total. The SMILES string of the molecule is CC(CNCCn1ccccc1=O)N1CCCCC1. The average Bonchev–Trinajstić information content (AvgIpc) is 2.46. The number of rotatable bonds is 6. The van der Waals surface area contributed by atoms with Gasteiger partial charge in [0, 0.05) is 37.9 Å². The van der Waals surface area contributed by atoms with Crippen molar-refractivity contribution in [1.29, 1.82) is 0 Å². The molecule has 1 unspecified atom stereocenters. The molecule has 0 bridgehead atoms. The fraction of sp³-hybridized carbons (Fsp3) is 0.667. The van der Waals surface area contributed by atoms with Crippen molar-refractivity contribution in [3.05, 3.63) is 34.7 Å². The van der Waals surface area contributed by atoms with Crippen molar-refractivity contribution in [2.45, 2.75) is 38.8 Å². The number of hydrogen-bond donors (Lipinski definition) is 1. The minimum Gasteiger partial charge on any atom is -0.314 e. The lowest BCUT2D eigenvalue weighted by atomic mass is 10.1. The Hall–Kier alpha value is -1.13. The molecule has 0 aromatic carbocycles. The van der Waals surface area contributed by atoms with E-state index in [1.165, 1.54) is 32.4 Å². The van der Waals surface area contributed by atoms with Crippen LogP contribution in [0.3, 0.4) is 0 Å². The predicted molar refractivity (Wildman–Crippen MR) is 78.5 cm³/mol. The minimum absolute atomic E-state index is 0.0772. The van der Waals surface area contributed by atoms with Gasteiger partial charge in [0.2, 0.25) is 0 Å². The molecule has 4 nitrogen and oxygen atoms in total. The van der Waals surface area contributed by atoms with Crippen LogP contribution in [0, 0.1) is 0 Å². The first kappa shape index (κ1) is 14.3. The third-order valence-corrected chi connectivity index (χ3v) is 3.88. The lowest BCUT2D eigenvalue weighted by molar-refractivity contribution is 0.171. The molecule has 2 heterocycles. The van der Waals surface area contributed by atoms with Crippen molar-refractivity contribution in [2.24, 2.45) is 0 Å². The number of aromatic nitrogens is 1. The van der Waals surface area contributed by atoms with E-state index >= 15 is 0 Å². The van der Waals surface area contributed by atoms with E-state index in [2.05, 4.69) is 17.1 Å². The molecule has 0 spiro atoms. The van der Waals surface area contributed by atoms with E-state index in [0.29, 0.717) is 6.04 Å². The maximum absolute atomic E-state index is 11.5. The van der Waals surface area contributed by atoms with Crippen molar-refractivity contribution >= 4 is 0 Å². The highest BCUT2D eigenvalue weighted by atomic mass is 16.1. The number of hydrogen-bond acceptors (Lipinski definition) is 3. The van der Waals surface area contributed by atoms with Gasteiger partial charge in [-0.05, 0) is 38.9 Å². The molecular formula is C15H25N3O. The second-order valence-corrected chi connectivity index (χ2v) is 5.38. The molecule has 0 saturated carbocycles. The summed E-state index contributed by atoms with van der Waals surface area (Å²) < 4.78 is 1.75. The molecule has 2 rings (SSSR count). The monoisotopic (exact) mass is 263 g/mol. The summed E-state index contributed by atoms with van der Waals surface area (Å²) in [6.07, 6.45) is 5.90. The standard InChI is InChI=1S/C15H25N3O/c1-14(17-9-4-2-5-10-17)13-16-8-12-18-11-6-3-7-15(18)19/h3,6-7,11,14,16H,2,4-5,8-10,12-13H2,1H3. The first-order chi connectivity index (χ1) is 9.27. The zero-order valence-electron chi connectivity index (χ0n) is 11.8. The van der Waals surface area contributed by atoms with Crippen molar-refractivity contribution in [1.82, 2.24) is 14.8 Å². The van der Waals surface area contributed by atoms with Gasteiger partial charge in [0.25, 0.3) is 5.56 Å².